The summed E-state index contributed by atoms with van der Waals surface area (Å²) in [5.74, 6) is 2.57. The van der Waals surface area contributed by atoms with Crippen molar-refractivity contribution in [3.05, 3.63) is 36.2 Å². The Morgan fingerprint density at radius 3 is 2.74 bits per heavy atom. The summed E-state index contributed by atoms with van der Waals surface area (Å²) in [6.07, 6.45) is 6.38. The van der Waals surface area contributed by atoms with Crippen molar-refractivity contribution < 1.29 is 4.79 Å². The highest BCUT2D eigenvalue weighted by molar-refractivity contribution is 5.81. The first-order chi connectivity index (χ1) is 11.3. The molecule has 5 nitrogen and oxygen atoms in total. The molecule has 0 bridgehead atoms. The molecule has 1 amide bonds. The van der Waals surface area contributed by atoms with Crippen LogP contribution in [0.4, 0.5) is 0 Å². The second-order valence-corrected chi connectivity index (χ2v) is 6.63. The Hall–Kier alpha value is -2.17. The molecule has 1 aromatic heterocycles. The summed E-state index contributed by atoms with van der Waals surface area (Å²) in [6, 6.07) is 9.86. The molecule has 0 spiro atoms. The third kappa shape index (κ3) is 3.00. The number of aryl methyl sites for hydroxylation is 1. The van der Waals surface area contributed by atoms with Crippen molar-refractivity contribution in [3.8, 4) is 11.4 Å². The normalized spacial score (nSPS) is 20.6. The number of carbonyl (C=O) groups is 1. The summed E-state index contributed by atoms with van der Waals surface area (Å²) in [4.78, 5) is 12.7. The minimum Gasteiger partial charge on any atom is -0.354 e. The van der Waals surface area contributed by atoms with Crippen molar-refractivity contribution in [2.75, 3.05) is 6.54 Å². The molecular weight excluding hydrogens is 288 g/mol. The van der Waals surface area contributed by atoms with Gasteiger partial charge in [-0.15, -0.1) is 10.2 Å². The van der Waals surface area contributed by atoms with E-state index in [2.05, 4.69) is 20.1 Å². The minimum atomic E-state index is -0.184. The van der Waals surface area contributed by atoms with Crippen molar-refractivity contribution in [1.29, 1.82) is 0 Å². The van der Waals surface area contributed by atoms with Crippen molar-refractivity contribution in [2.45, 2.75) is 44.6 Å². The fourth-order valence-electron chi connectivity index (χ4n) is 3.29. The van der Waals surface area contributed by atoms with Crippen LogP contribution in [0.15, 0.2) is 30.3 Å². The maximum absolute atomic E-state index is 12.7. The van der Waals surface area contributed by atoms with Gasteiger partial charge in [-0.1, -0.05) is 36.8 Å². The molecule has 1 aliphatic carbocycles. The molecule has 0 radical (unpaired) electrons. The lowest BCUT2D eigenvalue weighted by Gasteiger charge is -2.19. The van der Waals surface area contributed by atoms with Gasteiger partial charge in [-0.3, -0.25) is 9.36 Å². The molecule has 120 valence electrons. The van der Waals surface area contributed by atoms with Gasteiger partial charge in [0.15, 0.2) is 5.82 Å². The van der Waals surface area contributed by atoms with Crippen LogP contribution in [0, 0.1) is 5.92 Å². The van der Waals surface area contributed by atoms with Gasteiger partial charge in [0.25, 0.3) is 0 Å². The summed E-state index contributed by atoms with van der Waals surface area (Å²) in [5, 5.41) is 11.9. The van der Waals surface area contributed by atoms with Crippen molar-refractivity contribution >= 4 is 5.91 Å². The number of rotatable bonds is 4. The topological polar surface area (TPSA) is 59.8 Å². The Balaban J connectivity index is 1.66. The zero-order chi connectivity index (χ0) is 15.6. The van der Waals surface area contributed by atoms with Gasteiger partial charge in [0.1, 0.15) is 11.9 Å². The predicted octanol–water partition coefficient (Wildman–Crippen LogP) is 2.74. The van der Waals surface area contributed by atoms with E-state index in [1.807, 2.05) is 30.3 Å². The van der Waals surface area contributed by atoms with Gasteiger partial charge >= 0.3 is 0 Å². The second-order valence-electron chi connectivity index (χ2n) is 6.63. The van der Waals surface area contributed by atoms with E-state index in [0.29, 0.717) is 5.92 Å². The SMILES string of the molecule is O=C(NCC1CC1)C1CCCCc2nnc(-c3ccccc3)n21. The van der Waals surface area contributed by atoms with E-state index < -0.39 is 0 Å². The molecule has 1 fully saturated rings. The first kappa shape index (κ1) is 14.4. The fourth-order valence-corrected chi connectivity index (χ4v) is 3.29. The number of carbonyl (C=O) groups excluding carboxylic acids is 1. The number of benzene rings is 1. The van der Waals surface area contributed by atoms with Gasteiger partial charge in [-0.25, -0.2) is 0 Å². The van der Waals surface area contributed by atoms with Crippen molar-refractivity contribution in [3.63, 3.8) is 0 Å². The average Bonchev–Trinajstić information content (AvgIpc) is 3.36. The molecule has 1 unspecified atom stereocenters. The Morgan fingerprint density at radius 2 is 1.96 bits per heavy atom. The summed E-state index contributed by atoms with van der Waals surface area (Å²) in [7, 11) is 0. The average molecular weight is 310 g/mol. The Labute approximate surface area is 136 Å². The van der Waals surface area contributed by atoms with E-state index in [1.165, 1.54) is 12.8 Å². The molecule has 5 heteroatoms. The van der Waals surface area contributed by atoms with Gasteiger partial charge in [0.2, 0.25) is 5.91 Å². The van der Waals surface area contributed by atoms with Gasteiger partial charge < -0.3 is 5.32 Å². The third-order valence-electron chi connectivity index (χ3n) is 4.80. The lowest BCUT2D eigenvalue weighted by atomic mass is 10.1. The zero-order valence-corrected chi connectivity index (χ0v) is 13.2. The first-order valence-corrected chi connectivity index (χ1v) is 8.60. The molecule has 2 aromatic rings. The highest BCUT2D eigenvalue weighted by Crippen LogP contribution is 2.31. The molecular formula is C18H22N4O. The quantitative estimate of drug-likeness (QED) is 0.944. The number of hydrogen-bond donors (Lipinski definition) is 1. The van der Waals surface area contributed by atoms with E-state index >= 15 is 0 Å². The Morgan fingerprint density at radius 1 is 1.13 bits per heavy atom. The van der Waals surface area contributed by atoms with E-state index in [9.17, 15) is 4.79 Å². The zero-order valence-electron chi connectivity index (χ0n) is 13.2. The van der Waals surface area contributed by atoms with E-state index in [-0.39, 0.29) is 11.9 Å². The maximum atomic E-state index is 12.7. The van der Waals surface area contributed by atoms with Gasteiger partial charge in [0.05, 0.1) is 0 Å². The van der Waals surface area contributed by atoms with Crippen LogP contribution in [0.1, 0.15) is 44.0 Å². The summed E-state index contributed by atoms with van der Waals surface area (Å²) in [5.41, 5.74) is 1.02. The Kier molecular flexibility index (Phi) is 3.85. The van der Waals surface area contributed by atoms with Gasteiger partial charge in [-0.05, 0) is 31.6 Å². The largest absolute Gasteiger partial charge is 0.354 e. The molecule has 2 heterocycles. The smallest absolute Gasteiger partial charge is 0.243 e. The number of aromatic nitrogens is 3. The lowest BCUT2D eigenvalue weighted by Crippen LogP contribution is -2.34. The molecule has 1 aliphatic heterocycles. The Bertz CT molecular complexity index is 690. The standard InChI is InChI=1S/C18H22N4O/c23-18(19-12-13-10-11-13)15-8-4-5-9-16-20-21-17(22(15)16)14-6-2-1-3-7-14/h1-3,6-7,13,15H,4-5,8-12H2,(H,19,23). The van der Waals surface area contributed by atoms with Crippen LogP contribution in [-0.4, -0.2) is 27.2 Å². The predicted molar refractivity (Wildman–Crippen MR) is 87.8 cm³/mol. The van der Waals surface area contributed by atoms with Gasteiger partial charge in [0, 0.05) is 18.5 Å². The molecule has 1 aromatic carbocycles. The molecule has 1 saturated carbocycles. The minimum absolute atomic E-state index is 0.122. The molecule has 2 aliphatic rings. The maximum Gasteiger partial charge on any atom is 0.243 e. The number of fused-ring (bicyclic) bond motifs is 1. The molecule has 1 N–H and O–H groups in total. The number of nitrogens with one attached hydrogen (secondary N) is 1. The highest BCUT2D eigenvalue weighted by Gasteiger charge is 2.30. The van der Waals surface area contributed by atoms with Crippen LogP contribution < -0.4 is 5.32 Å². The van der Waals surface area contributed by atoms with Crippen LogP contribution in [0.2, 0.25) is 0 Å². The van der Waals surface area contributed by atoms with Crippen LogP contribution >= 0.6 is 0 Å². The second kappa shape index (κ2) is 6.14. The molecule has 1 atom stereocenters. The van der Waals surface area contributed by atoms with Crippen LogP contribution in [0.3, 0.4) is 0 Å². The van der Waals surface area contributed by atoms with Crippen molar-refractivity contribution in [1.82, 2.24) is 20.1 Å². The highest BCUT2D eigenvalue weighted by atomic mass is 16.2. The third-order valence-corrected chi connectivity index (χ3v) is 4.80. The molecule has 4 rings (SSSR count). The van der Waals surface area contributed by atoms with Crippen LogP contribution in [0.5, 0.6) is 0 Å². The number of amides is 1. The van der Waals surface area contributed by atoms with Crippen molar-refractivity contribution in [2.24, 2.45) is 5.92 Å². The lowest BCUT2D eigenvalue weighted by molar-refractivity contribution is -0.124. The summed E-state index contributed by atoms with van der Waals surface area (Å²) >= 11 is 0. The molecule has 23 heavy (non-hydrogen) atoms. The fraction of sp³-hybridized carbons (Fsp3) is 0.500. The van der Waals surface area contributed by atoms with E-state index in [1.54, 1.807) is 0 Å². The van der Waals surface area contributed by atoms with E-state index in [4.69, 9.17) is 0 Å². The summed E-state index contributed by atoms with van der Waals surface area (Å²) in [6.45, 7) is 0.813. The summed E-state index contributed by atoms with van der Waals surface area (Å²) < 4.78 is 2.07. The van der Waals surface area contributed by atoms with E-state index in [0.717, 1.165) is 49.4 Å². The van der Waals surface area contributed by atoms with Gasteiger partial charge in [-0.2, -0.15) is 0 Å². The number of hydrogen-bond acceptors (Lipinski definition) is 3. The first-order valence-electron chi connectivity index (χ1n) is 8.60. The number of nitrogens with zero attached hydrogens (tertiary/aromatic N) is 3. The van der Waals surface area contributed by atoms with Crippen LogP contribution in [0.25, 0.3) is 11.4 Å². The van der Waals surface area contributed by atoms with Crippen LogP contribution in [-0.2, 0) is 11.2 Å². The molecule has 0 saturated heterocycles. The monoisotopic (exact) mass is 310 g/mol.